The Hall–Kier alpha value is -1.85. The number of fused-ring (bicyclic) bond motifs is 1. The highest BCUT2D eigenvalue weighted by atomic mass is 32.2. The molecule has 3 rings (SSSR count). The molecule has 2 aromatic carbocycles. The van der Waals surface area contributed by atoms with Gasteiger partial charge in [0.05, 0.1) is 12.0 Å². The zero-order chi connectivity index (χ0) is 14.1. The Morgan fingerprint density at radius 2 is 1.95 bits per heavy atom. The van der Waals surface area contributed by atoms with Crippen LogP contribution in [0.3, 0.4) is 0 Å². The van der Waals surface area contributed by atoms with Crippen molar-refractivity contribution in [3.63, 3.8) is 0 Å². The Kier molecular flexibility index (Phi) is 3.46. The van der Waals surface area contributed by atoms with Crippen molar-refractivity contribution in [2.45, 2.75) is 0 Å². The molecule has 2 aromatic rings. The first-order chi connectivity index (χ1) is 9.65. The van der Waals surface area contributed by atoms with E-state index in [4.69, 9.17) is 17.0 Å². The lowest BCUT2D eigenvalue weighted by atomic mass is 10.1. The van der Waals surface area contributed by atoms with E-state index in [1.54, 1.807) is 7.11 Å². The van der Waals surface area contributed by atoms with Gasteiger partial charge in [0.1, 0.15) is 10.1 Å². The molecule has 100 valence electrons. The summed E-state index contributed by atoms with van der Waals surface area (Å²) in [5.41, 5.74) is 0.977. The number of nitrogens with one attached hydrogen (secondary N) is 1. The van der Waals surface area contributed by atoms with E-state index in [0.29, 0.717) is 9.23 Å². The normalized spacial score (nSPS) is 16.8. The number of methoxy groups -OCH3 is 1. The summed E-state index contributed by atoms with van der Waals surface area (Å²) in [7, 11) is 1.65. The summed E-state index contributed by atoms with van der Waals surface area (Å²) in [6.45, 7) is 0. The Morgan fingerprint density at radius 1 is 1.20 bits per heavy atom. The monoisotopic (exact) mass is 301 g/mol. The number of hydrogen-bond acceptors (Lipinski definition) is 4. The van der Waals surface area contributed by atoms with Crippen molar-refractivity contribution < 1.29 is 9.53 Å². The van der Waals surface area contributed by atoms with Gasteiger partial charge in [0.25, 0.3) is 5.91 Å². The molecule has 1 heterocycles. The number of thioether (sulfide) groups is 1. The van der Waals surface area contributed by atoms with Gasteiger partial charge < -0.3 is 10.1 Å². The summed E-state index contributed by atoms with van der Waals surface area (Å²) >= 11 is 6.26. The SMILES string of the molecule is COc1ccc2cc(/C=C3\SC(=S)NC3=O)ccc2c1. The first-order valence-corrected chi connectivity index (χ1v) is 7.21. The van der Waals surface area contributed by atoms with Gasteiger partial charge in [-0.25, -0.2) is 0 Å². The number of hydrogen-bond donors (Lipinski definition) is 1. The van der Waals surface area contributed by atoms with E-state index < -0.39 is 0 Å². The quantitative estimate of drug-likeness (QED) is 0.682. The molecule has 0 bridgehead atoms. The average molecular weight is 301 g/mol. The van der Waals surface area contributed by atoms with Gasteiger partial charge in [-0.3, -0.25) is 4.79 Å². The number of carbonyl (C=O) groups is 1. The summed E-state index contributed by atoms with van der Waals surface area (Å²) in [4.78, 5) is 12.3. The van der Waals surface area contributed by atoms with E-state index >= 15 is 0 Å². The molecule has 1 N–H and O–H groups in total. The van der Waals surface area contributed by atoms with Gasteiger partial charge in [-0.15, -0.1) is 0 Å². The van der Waals surface area contributed by atoms with Gasteiger partial charge in [0, 0.05) is 0 Å². The Bertz CT molecular complexity index is 753. The molecule has 0 aromatic heterocycles. The van der Waals surface area contributed by atoms with Crippen molar-refractivity contribution in [1.29, 1.82) is 0 Å². The third-order valence-corrected chi connectivity index (χ3v) is 4.17. The van der Waals surface area contributed by atoms with Gasteiger partial charge >= 0.3 is 0 Å². The van der Waals surface area contributed by atoms with Gasteiger partial charge in [0.2, 0.25) is 0 Å². The van der Waals surface area contributed by atoms with Crippen LogP contribution in [0.25, 0.3) is 16.8 Å². The molecular formula is C15H11NO2S2. The van der Waals surface area contributed by atoms with Crippen LogP contribution in [0.2, 0.25) is 0 Å². The van der Waals surface area contributed by atoms with Crippen molar-refractivity contribution in [1.82, 2.24) is 5.32 Å². The Morgan fingerprint density at radius 3 is 2.65 bits per heavy atom. The van der Waals surface area contributed by atoms with Gasteiger partial charge in [0.15, 0.2) is 0 Å². The third kappa shape index (κ3) is 2.55. The first kappa shape index (κ1) is 13.1. The largest absolute Gasteiger partial charge is 0.497 e. The summed E-state index contributed by atoms with van der Waals surface area (Å²) in [6, 6.07) is 11.9. The highest BCUT2D eigenvalue weighted by molar-refractivity contribution is 8.26. The molecule has 1 aliphatic rings. The number of amides is 1. The van der Waals surface area contributed by atoms with E-state index in [2.05, 4.69) is 5.32 Å². The molecule has 3 nitrogen and oxygen atoms in total. The van der Waals surface area contributed by atoms with Crippen LogP contribution in [-0.2, 0) is 4.79 Å². The van der Waals surface area contributed by atoms with Crippen LogP contribution >= 0.6 is 24.0 Å². The maximum atomic E-state index is 11.6. The number of carbonyl (C=O) groups excluding carboxylic acids is 1. The zero-order valence-electron chi connectivity index (χ0n) is 10.7. The first-order valence-electron chi connectivity index (χ1n) is 5.98. The predicted octanol–water partition coefficient (Wildman–Crippen LogP) is 3.34. The molecule has 0 spiro atoms. The van der Waals surface area contributed by atoms with Crippen LogP contribution < -0.4 is 10.1 Å². The van der Waals surface area contributed by atoms with Crippen LogP contribution in [0.5, 0.6) is 5.75 Å². The molecule has 1 amide bonds. The van der Waals surface area contributed by atoms with Crippen LogP contribution in [0.15, 0.2) is 41.3 Å². The minimum atomic E-state index is -0.130. The van der Waals surface area contributed by atoms with Gasteiger partial charge in [-0.1, -0.05) is 42.2 Å². The molecule has 0 saturated carbocycles. The maximum Gasteiger partial charge on any atom is 0.263 e. The molecule has 1 aliphatic heterocycles. The topological polar surface area (TPSA) is 38.3 Å². The summed E-state index contributed by atoms with van der Waals surface area (Å²) in [5.74, 6) is 0.703. The fourth-order valence-corrected chi connectivity index (χ4v) is 3.08. The van der Waals surface area contributed by atoms with Crippen LogP contribution in [-0.4, -0.2) is 17.3 Å². The van der Waals surface area contributed by atoms with E-state index in [1.165, 1.54) is 11.8 Å². The predicted molar refractivity (Wildman–Crippen MR) is 86.8 cm³/mol. The van der Waals surface area contributed by atoms with Crippen molar-refractivity contribution in [3.8, 4) is 5.75 Å². The molecule has 20 heavy (non-hydrogen) atoms. The molecule has 0 atom stereocenters. The van der Waals surface area contributed by atoms with E-state index in [1.807, 2.05) is 42.5 Å². The van der Waals surface area contributed by atoms with Gasteiger partial charge in [-0.05, 0) is 40.6 Å². The molecule has 0 radical (unpaired) electrons. The second-order valence-corrected chi connectivity index (χ2v) is 6.04. The van der Waals surface area contributed by atoms with E-state index in [-0.39, 0.29) is 5.91 Å². The van der Waals surface area contributed by atoms with Crippen molar-refractivity contribution in [2.75, 3.05) is 7.11 Å². The number of ether oxygens (including phenoxy) is 1. The molecule has 0 unspecified atom stereocenters. The standard InChI is InChI=1S/C15H11NO2S2/c1-18-12-5-4-10-6-9(2-3-11(10)8-12)7-13-14(17)16-15(19)20-13/h2-8H,1H3,(H,16,17,19)/b13-7-. The van der Waals surface area contributed by atoms with Crippen LogP contribution in [0.1, 0.15) is 5.56 Å². The Balaban J connectivity index is 1.99. The van der Waals surface area contributed by atoms with Gasteiger partial charge in [-0.2, -0.15) is 0 Å². The van der Waals surface area contributed by atoms with Crippen LogP contribution in [0.4, 0.5) is 0 Å². The van der Waals surface area contributed by atoms with Crippen molar-refractivity contribution in [2.24, 2.45) is 0 Å². The van der Waals surface area contributed by atoms with Crippen LogP contribution in [0, 0.1) is 0 Å². The second-order valence-electron chi connectivity index (χ2n) is 4.32. The second kappa shape index (κ2) is 5.26. The fraction of sp³-hybridized carbons (Fsp3) is 0.0667. The van der Waals surface area contributed by atoms with E-state index in [0.717, 1.165) is 22.1 Å². The van der Waals surface area contributed by atoms with Crippen molar-refractivity contribution >= 4 is 51.1 Å². The number of benzene rings is 2. The molecule has 5 heteroatoms. The van der Waals surface area contributed by atoms with Crippen molar-refractivity contribution in [3.05, 3.63) is 46.9 Å². The summed E-state index contributed by atoms with van der Waals surface area (Å²) in [5, 5.41) is 4.82. The smallest absolute Gasteiger partial charge is 0.263 e. The zero-order valence-corrected chi connectivity index (χ0v) is 12.3. The lowest BCUT2D eigenvalue weighted by molar-refractivity contribution is -0.115. The number of thiocarbonyl (C=S) groups is 1. The highest BCUT2D eigenvalue weighted by Gasteiger charge is 2.21. The number of rotatable bonds is 2. The summed E-state index contributed by atoms with van der Waals surface area (Å²) in [6.07, 6.45) is 1.85. The Labute approximate surface area is 126 Å². The molecular weight excluding hydrogens is 290 g/mol. The lowest BCUT2D eigenvalue weighted by Gasteiger charge is -2.03. The maximum absolute atomic E-state index is 11.6. The third-order valence-electron chi connectivity index (χ3n) is 3.01. The summed E-state index contributed by atoms with van der Waals surface area (Å²) < 4.78 is 5.71. The minimum absolute atomic E-state index is 0.130. The highest BCUT2D eigenvalue weighted by Crippen LogP contribution is 2.27. The lowest BCUT2D eigenvalue weighted by Crippen LogP contribution is -2.17. The fourth-order valence-electron chi connectivity index (χ4n) is 2.03. The average Bonchev–Trinajstić information content (AvgIpc) is 2.76. The molecule has 1 fully saturated rings. The molecule has 1 saturated heterocycles. The molecule has 0 aliphatic carbocycles. The minimum Gasteiger partial charge on any atom is -0.497 e. The van der Waals surface area contributed by atoms with E-state index in [9.17, 15) is 4.79 Å².